The van der Waals surface area contributed by atoms with E-state index >= 15 is 8.78 Å². The molecule has 3 heterocycles. The highest BCUT2D eigenvalue weighted by molar-refractivity contribution is 7.99. The van der Waals surface area contributed by atoms with Gasteiger partial charge in [-0.15, -0.1) is 0 Å². The summed E-state index contributed by atoms with van der Waals surface area (Å²) in [4.78, 5) is 8.08. The second kappa shape index (κ2) is 13.4. The number of aromatic amines is 1. The van der Waals surface area contributed by atoms with Crippen LogP contribution in [0.4, 0.5) is 8.78 Å². The maximum atomic E-state index is 15.6. The standard InChI is InChI=1S/C37H42F2N4O3S/c1-36(2)13-6-14-37(3,24-8-5-7-23(17-24)18-25(45)21-44)35-41-34(43(4)42-35)29-19-26(9-10-30(29)38)46-33-28(12-16-47-22-36)27-11-15-40-32(27)20-31(33)39/h5,7-11,15,17,19-20,25,40,44-45H,6,12-14,16,18,21-22H2,1-4H3. The Hall–Kier alpha value is -3.73. The number of hydrogen-bond donors (Lipinski definition) is 3. The molecule has 2 atom stereocenters. The van der Waals surface area contributed by atoms with Crippen molar-refractivity contribution >= 4 is 22.7 Å². The fraction of sp³-hybridized carbons (Fsp3) is 0.405. The van der Waals surface area contributed by atoms with Crippen molar-refractivity contribution in [2.24, 2.45) is 12.5 Å². The SMILES string of the molecule is Cn1nc2nc1-c1cc(ccc1F)Oc1c(F)cc3[nH]ccc3c1CCSCC(C)(C)CCCC2(C)c1cccc(CC(O)CO)c1. The Morgan fingerprint density at radius 1 is 1.06 bits per heavy atom. The number of aryl methyl sites for hydroxylation is 2. The molecule has 0 saturated heterocycles. The monoisotopic (exact) mass is 660 g/mol. The van der Waals surface area contributed by atoms with Crippen molar-refractivity contribution in [2.45, 2.75) is 64.4 Å². The van der Waals surface area contributed by atoms with Gasteiger partial charge in [0.2, 0.25) is 0 Å². The van der Waals surface area contributed by atoms with E-state index in [2.05, 4.69) is 25.8 Å². The van der Waals surface area contributed by atoms with Gasteiger partial charge in [-0.2, -0.15) is 16.9 Å². The van der Waals surface area contributed by atoms with Gasteiger partial charge in [0.15, 0.2) is 23.2 Å². The van der Waals surface area contributed by atoms with Gasteiger partial charge in [-0.05, 0) is 78.5 Å². The summed E-state index contributed by atoms with van der Waals surface area (Å²) in [7, 11) is 1.74. The zero-order chi connectivity index (χ0) is 33.3. The summed E-state index contributed by atoms with van der Waals surface area (Å²) in [6.07, 6.45) is 4.50. The van der Waals surface area contributed by atoms with Crippen molar-refractivity contribution in [1.82, 2.24) is 19.7 Å². The normalized spacial score (nSPS) is 19.4. The van der Waals surface area contributed by atoms with Gasteiger partial charge in [0.1, 0.15) is 11.6 Å². The molecule has 0 spiro atoms. The highest BCUT2D eigenvalue weighted by Crippen LogP contribution is 2.41. The summed E-state index contributed by atoms with van der Waals surface area (Å²) in [5.74, 6) is 2.10. The molecule has 2 unspecified atom stereocenters. The van der Waals surface area contributed by atoms with Gasteiger partial charge < -0.3 is 19.9 Å². The second-order valence-corrected chi connectivity index (χ2v) is 14.7. The minimum Gasteiger partial charge on any atom is -0.454 e. The number of aromatic nitrogens is 4. The molecule has 2 aromatic heterocycles. The van der Waals surface area contributed by atoms with Gasteiger partial charge in [0.25, 0.3) is 0 Å². The smallest absolute Gasteiger partial charge is 0.168 e. The minimum atomic E-state index is -0.854. The zero-order valence-corrected chi connectivity index (χ0v) is 28.1. The molecule has 248 valence electrons. The van der Waals surface area contributed by atoms with Crippen LogP contribution in [0.15, 0.2) is 60.8 Å². The Kier molecular flexibility index (Phi) is 9.47. The van der Waals surface area contributed by atoms with Crippen molar-refractivity contribution in [3.05, 3.63) is 94.9 Å². The van der Waals surface area contributed by atoms with Crippen molar-refractivity contribution in [3.8, 4) is 22.9 Å². The Bertz CT molecular complexity index is 1890. The van der Waals surface area contributed by atoms with Crippen LogP contribution in [0.1, 0.15) is 62.5 Å². The fourth-order valence-corrected chi connectivity index (χ4v) is 7.76. The van der Waals surface area contributed by atoms with Crippen LogP contribution in [-0.4, -0.2) is 54.2 Å². The highest BCUT2D eigenvalue weighted by atomic mass is 32.2. The molecule has 0 radical (unpaired) electrons. The lowest BCUT2D eigenvalue weighted by Gasteiger charge is -2.31. The summed E-state index contributed by atoms with van der Waals surface area (Å²) in [6.45, 7) is 6.36. The topological polar surface area (TPSA) is 96.2 Å². The lowest BCUT2D eigenvalue weighted by atomic mass is 9.75. The summed E-state index contributed by atoms with van der Waals surface area (Å²) < 4.78 is 39.0. The second-order valence-electron chi connectivity index (χ2n) is 13.6. The van der Waals surface area contributed by atoms with Crippen LogP contribution in [0.25, 0.3) is 22.3 Å². The molecule has 3 N–H and O–H groups in total. The summed E-state index contributed by atoms with van der Waals surface area (Å²) in [5.41, 5.74) is 2.99. The highest BCUT2D eigenvalue weighted by Gasteiger charge is 2.35. The average Bonchev–Trinajstić information content (AvgIpc) is 3.67. The molecule has 5 aromatic rings. The first-order chi connectivity index (χ1) is 22.5. The van der Waals surface area contributed by atoms with E-state index in [9.17, 15) is 10.2 Å². The summed E-state index contributed by atoms with van der Waals surface area (Å²) in [6, 6.07) is 15.7. The van der Waals surface area contributed by atoms with E-state index in [0.29, 0.717) is 35.8 Å². The number of rotatable bonds is 4. The molecule has 0 fully saturated rings. The number of nitrogens with one attached hydrogen (secondary N) is 1. The predicted octanol–water partition coefficient (Wildman–Crippen LogP) is 7.72. The number of hydrogen-bond acceptors (Lipinski definition) is 6. The van der Waals surface area contributed by atoms with E-state index in [4.69, 9.17) is 14.8 Å². The lowest BCUT2D eigenvalue weighted by molar-refractivity contribution is 0.0955. The minimum absolute atomic E-state index is 0.0397. The molecule has 1 aliphatic rings. The third-order valence-electron chi connectivity index (χ3n) is 9.29. The molecule has 10 heteroatoms. The van der Waals surface area contributed by atoms with Crippen LogP contribution >= 0.6 is 11.8 Å². The first kappa shape index (κ1) is 33.2. The average molecular weight is 661 g/mol. The number of halogens is 2. The number of H-pyrrole nitrogens is 1. The van der Waals surface area contributed by atoms with E-state index in [1.165, 1.54) is 18.2 Å². The first-order valence-electron chi connectivity index (χ1n) is 16.1. The summed E-state index contributed by atoms with van der Waals surface area (Å²) in [5, 5.41) is 25.3. The molecule has 7 nitrogen and oxygen atoms in total. The van der Waals surface area contributed by atoms with E-state index in [0.717, 1.165) is 52.8 Å². The number of aliphatic hydroxyl groups is 2. The molecule has 47 heavy (non-hydrogen) atoms. The van der Waals surface area contributed by atoms with E-state index in [1.807, 2.05) is 42.1 Å². The Balaban J connectivity index is 1.47. The number of fused-ring (bicyclic) bond motifs is 8. The lowest BCUT2D eigenvalue weighted by Crippen LogP contribution is -2.27. The molecule has 6 rings (SSSR count). The molecular formula is C37H42F2N4O3S. The molecule has 1 aliphatic heterocycles. The third kappa shape index (κ3) is 6.96. The molecule has 0 amide bonds. The van der Waals surface area contributed by atoms with Crippen molar-refractivity contribution in [3.63, 3.8) is 0 Å². The van der Waals surface area contributed by atoms with Gasteiger partial charge >= 0.3 is 0 Å². The van der Waals surface area contributed by atoms with Crippen LogP contribution < -0.4 is 4.74 Å². The molecular weight excluding hydrogens is 618 g/mol. The van der Waals surface area contributed by atoms with Crippen LogP contribution in [-0.2, 0) is 25.3 Å². The zero-order valence-electron chi connectivity index (χ0n) is 27.3. The van der Waals surface area contributed by atoms with Gasteiger partial charge in [0, 0.05) is 42.2 Å². The van der Waals surface area contributed by atoms with E-state index in [-0.39, 0.29) is 23.3 Å². The quantitative estimate of drug-likeness (QED) is 0.183. The van der Waals surface area contributed by atoms with Crippen molar-refractivity contribution in [2.75, 3.05) is 18.1 Å². The molecule has 3 aromatic carbocycles. The summed E-state index contributed by atoms with van der Waals surface area (Å²) >= 11 is 1.85. The van der Waals surface area contributed by atoms with E-state index < -0.39 is 23.2 Å². The molecule has 0 saturated carbocycles. The van der Waals surface area contributed by atoms with Crippen LogP contribution in [0.3, 0.4) is 0 Å². The van der Waals surface area contributed by atoms with Gasteiger partial charge in [-0.1, -0.05) is 44.5 Å². The first-order valence-corrected chi connectivity index (χ1v) is 17.3. The Labute approximate surface area is 278 Å². The number of thioether (sulfide) groups is 1. The van der Waals surface area contributed by atoms with Gasteiger partial charge in [-0.3, -0.25) is 0 Å². The number of benzene rings is 3. The number of nitrogens with zero attached hydrogens (tertiary/aromatic N) is 3. The number of aliphatic hydroxyl groups excluding tert-OH is 2. The Morgan fingerprint density at radius 3 is 2.70 bits per heavy atom. The van der Waals surface area contributed by atoms with Crippen molar-refractivity contribution in [1.29, 1.82) is 0 Å². The largest absolute Gasteiger partial charge is 0.454 e. The number of ether oxygens (including phenoxy) is 1. The maximum Gasteiger partial charge on any atom is 0.168 e. The van der Waals surface area contributed by atoms with Gasteiger partial charge in [0.05, 0.1) is 23.7 Å². The maximum absolute atomic E-state index is 15.6. The van der Waals surface area contributed by atoms with E-state index in [1.54, 1.807) is 24.0 Å². The molecule has 4 bridgehead atoms. The van der Waals surface area contributed by atoms with Crippen LogP contribution in [0, 0.1) is 17.0 Å². The Morgan fingerprint density at radius 2 is 1.89 bits per heavy atom. The fourth-order valence-electron chi connectivity index (χ4n) is 6.57. The third-order valence-corrected chi connectivity index (χ3v) is 10.8. The van der Waals surface area contributed by atoms with Crippen LogP contribution in [0.5, 0.6) is 11.5 Å². The van der Waals surface area contributed by atoms with Crippen LogP contribution in [0.2, 0.25) is 0 Å². The van der Waals surface area contributed by atoms with Gasteiger partial charge in [-0.25, -0.2) is 18.4 Å². The van der Waals surface area contributed by atoms with Crippen molar-refractivity contribution < 1.29 is 23.7 Å². The molecule has 0 aliphatic carbocycles. The predicted molar refractivity (Wildman–Crippen MR) is 183 cm³/mol.